The summed E-state index contributed by atoms with van der Waals surface area (Å²) in [6, 6.07) is 21.4. The van der Waals surface area contributed by atoms with E-state index in [9.17, 15) is 14.0 Å². The molecule has 3 aromatic carbocycles. The van der Waals surface area contributed by atoms with Gasteiger partial charge in [-0.3, -0.25) is 20.4 Å². The van der Waals surface area contributed by atoms with Crippen molar-refractivity contribution in [3.8, 4) is 17.2 Å². The number of para-hydroxylation sites is 2. The molecule has 0 aromatic heterocycles. The first kappa shape index (κ1) is 19.9. The number of hydrogen-bond acceptors (Lipinski definition) is 4. The number of carbonyl (C=O) groups is 2. The molecule has 0 spiro atoms. The first-order valence-corrected chi connectivity index (χ1v) is 8.87. The van der Waals surface area contributed by atoms with Crippen LogP contribution in [-0.4, -0.2) is 17.9 Å². The number of benzene rings is 3. The predicted octanol–water partition coefficient (Wildman–Crippen LogP) is 3.85. The third-order valence-corrected chi connectivity index (χ3v) is 3.90. The minimum atomic E-state index is -1.01. The van der Waals surface area contributed by atoms with Gasteiger partial charge in [0.05, 0.1) is 0 Å². The summed E-state index contributed by atoms with van der Waals surface area (Å²) < 4.78 is 24.5. The van der Waals surface area contributed by atoms with Gasteiger partial charge in [-0.05, 0) is 55.5 Å². The van der Waals surface area contributed by atoms with E-state index in [-0.39, 0.29) is 5.75 Å². The van der Waals surface area contributed by atoms with Crippen LogP contribution in [0.15, 0.2) is 78.9 Å². The van der Waals surface area contributed by atoms with E-state index in [1.807, 2.05) is 30.3 Å². The summed E-state index contributed by atoms with van der Waals surface area (Å²) in [6.45, 7) is 1.45. The van der Waals surface area contributed by atoms with Crippen molar-refractivity contribution in [1.82, 2.24) is 10.9 Å². The monoisotopic (exact) mass is 394 g/mol. The minimum Gasteiger partial charge on any atom is -0.478 e. The molecule has 0 radical (unpaired) electrons. The quantitative estimate of drug-likeness (QED) is 0.623. The Hall–Kier alpha value is -3.87. The molecule has 29 heavy (non-hydrogen) atoms. The van der Waals surface area contributed by atoms with Crippen LogP contribution in [0.25, 0.3) is 0 Å². The second kappa shape index (κ2) is 9.36. The van der Waals surface area contributed by atoms with E-state index < -0.39 is 23.7 Å². The van der Waals surface area contributed by atoms with Gasteiger partial charge >= 0.3 is 0 Å². The average molecular weight is 394 g/mol. The molecule has 0 aliphatic heterocycles. The van der Waals surface area contributed by atoms with Crippen LogP contribution in [0.2, 0.25) is 0 Å². The van der Waals surface area contributed by atoms with Crippen LogP contribution in [0.4, 0.5) is 4.39 Å². The Morgan fingerprint density at radius 2 is 1.45 bits per heavy atom. The molecule has 148 valence electrons. The van der Waals surface area contributed by atoms with Crippen molar-refractivity contribution < 1.29 is 23.5 Å². The molecule has 0 heterocycles. The number of ether oxygens (including phenoxy) is 2. The molecule has 3 aromatic rings. The highest BCUT2D eigenvalue weighted by atomic mass is 19.1. The first-order valence-electron chi connectivity index (χ1n) is 8.87. The van der Waals surface area contributed by atoms with E-state index >= 15 is 0 Å². The molecule has 0 saturated heterocycles. The Morgan fingerprint density at radius 3 is 2.14 bits per heavy atom. The lowest BCUT2D eigenvalue weighted by molar-refractivity contribution is -0.128. The molecular weight excluding hydrogens is 375 g/mol. The minimum absolute atomic E-state index is 0.0459. The van der Waals surface area contributed by atoms with Gasteiger partial charge in [0.25, 0.3) is 11.8 Å². The molecule has 6 nitrogen and oxygen atoms in total. The van der Waals surface area contributed by atoms with Crippen LogP contribution in [0.5, 0.6) is 17.2 Å². The summed E-state index contributed by atoms with van der Waals surface area (Å²) in [7, 11) is 0. The number of rotatable bonds is 6. The smallest absolute Gasteiger partial charge is 0.279 e. The van der Waals surface area contributed by atoms with E-state index in [1.165, 1.54) is 25.1 Å². The highest BCUT2D eigenvalue weighted by Gasteiger charge is 2.17. The lowest BCUT2D eigenvalue weighted by Crippen LogP contribution is -2.47. The fraction of sp³-hybridized carbons (Fsp3) is 0.0909. The molecule has 3 rings (SSSR count). The lowest BCUT2D eigenvalue weighted by Gasteiger charge is -2.15. The molecule has 2 amide bonds. The van der Waals surface area contributed by atoms with Gasteiger partial charge in [0.2, 0.25) is 0 Å². The van der Waals surface area contributed by atoms with E-state index in [0.717, 1.165) is 0 Å². The van der Waals surface area contributed by atoms with Crippen LogP contribution in [0.1, 0.15) is 17.3 Å². The van der Waals surface area contributed by atoms with Crippen molar-refractivity contribution in [1.29, 1.82) is 0 Å². The van der Waals surface area contributed by atoms with Crippen molar-refractivity contribution in [2.24, 2.45) is 0 Å². The van der Waals surface area contributed by atoms with Gasteiger partial charge < -0.3 is 9.47 Å². The lowest BCUT2D eigenvalue weighted by atomic mass is 10.2. The third-order valence-electron chi connectivity index (χ3n) is 3.90. The summed E-state index contributed by atoms with van der Waals surface area (Å²) in [5.74, 6) is -0.498. The maximum absolute atomic E-state index is 13.6. The zero-order valence-electron chi connectivity index (χ0n) is 15.6. The molecule has 0 aliphatic rings. The Kier molecular flexibility index (Phi) is 6.42. The molecule has 0 saturated carbocycles. The number of amides is 2. The highest BCUT2D eigenvalue weighted by molar-refractivity contribution is 5.95. The van der Waals surface area contributed by atoms with Gasteiger partial charge in [-0.1, -0.05) is 30.3 Å². The van der Waals surface area contributed by atoms with Crippen molar-refractivity contribution in [3.63, 3.8) is 0 Å². The average Bonchev–Trinajstić information content (AvgIpc) is 2.74. The Bertz CT molecular complexity index is 978. The van der Waals surface area contributed by atoms with Crippen molar-refractivity contribution in [2.75, 3.05) is 0 Å². The molecule has 7 heteroatoms. The zero-order chi connectivity index (χ0) is 20.6. The number of nitrogens with one attached hydrogen (secondary N) is 2. The maximum atomic E-state index is 13.6. The van der Waals surface area contributed by atoms with E-state index in [4.69, 9.17) is 9.47 Å². The van der Waals surface area contributed by atoms with Crippen molar-refractivity contribution >= 4 is 11.8 Å². The first-order chi connectivity index (χ1) is 14.0. The zero-order valence-corrected chi connectivity index (χ0v) is 15.6. The van der Waals surface area contributed by atoms with Crippen molar-refractivity contribution in [3.05, 3.63) is 90.2 Å². The molecule has 0 fully saturated rings. The standard InChI is InChI=1S/C22H19FN2O4/c1-15(28-20-10-6-5-9-19(20)23)21(26)24-25-22(27)16-11-13-18(14-12-16)29-17-7-3-2-4-8-17/h2-15H,1H3,(H,24,26)(H,25,27)/t15-/m1/s1. The number of halogens is 1. The Morgan fingerprint density at radius 1 is 0.828 bits per heavy atom. The molecule has 2 N–H and O–H groups in total. The van der Waals surface area contributed by atoms with Gasteiger partial charge in [0.1, 0.15) is 11.5 Å². The largest absolute Gasteiger partial charge is 0.478 e. The SMILES string of the molecule is C[C@@H](Oc1ccccc1F)C(=O)NNC(=O)c1ccc(Oc2ccccc2)cc1. The second-order valence-electron chi connectivity index (χ2n) is 6.07. The van der Waals surface area contributed by atoms with Gasteiger partial charge in [-0.15, -0.1) is 0 Å². The molecule has 0 aliphatic carbocycles. The van der Waals surface area contributed by atoms with Crippen molar-refractivity contribution in [2.45, 2.75) is 13.0 Å². The normalized spacial score (nSPS) is 11.2. The molecular formula is C22H19FN2O4. The summed E-state index contributed by atoms with van der Waals surface area (Å²) in [5.41, 5.74) is 4.88. The summed E-state index contributed by atoms with van der Waals surface area (Å²) in [5, 5.41) is 0. The maximum Gasteiger partial charge on any atom is 0.279 e. The number of hydrazine groups is 1. The van der Waals surface area contributed by atoms with Gasteiger partial charge in [0.15, 0.2) is 17.7 Å². The van der Waals surface area contributed by atoms with Gasteiger partial charge in [0, 0.05) is 5.56 Å². The molecule has 0 bridgehead atoms. The fourth-order valence-corrected chi connectivity index (χ4v) is 2.38. The van der Waals surface area contributed by atoms with Crippen LogP contribution < -0.4 is 20.3 Å². The predicted molar refractivity (Wildman–Crippen MR) is 105 cm³/mol. The van der Waals surface area contributed by atoms with E-state index in [2.05, 4.69) is 10.9 Å². The van der Waals surface area contributed by atoms with Crippen LogP contribution >= 0.6 is 0 Å². The summed E-state index contributed by atoms with van der Waals surface area (Å²) in [4.78, 5) is 24.2. The van der Waals surface area contributed by atoms with Gasteiger partial charge in [-0.25, -0.2) is 4.39 Å². The molecule has 1 atom stereocenters. The second-order valence-corrected chi connectivity index (χ2v) is 6.07. The summed E-state index contributed by atoms with van der Waals surface area (Å²) in [6.07, 6.45) is -1.01. The third kappa shape index (κ3) is 5.55. The van der Waals surface area contributed by atoms with E-state index in [0.29, 0.717) is 17.1 Å². The highest BCUT2D eigenvalue weighted by Crippen LogP contribution is 2.21. The Balaban J connectivity index is 1.50. The van der Waals surface area contributed by atoms with Gasteiger partial charge in [-0.2, -0.15) is 0 Å². The van der Waals surface area contributed by atoms with Crippen LogP contribution in [-0.2, 0) is 4.79 Å². The fourth-order valence-electron chi connectivity index (χ4n) is 2.38. The molecule has 0 unspecified atom stereocenters. The van der Waals surface area contributed by atoms with E-state index in [1.54, 1.807) is 30.3 Å². The number of carbonyl (C=O) groups excluding carboxylic acids is 2. The topological polar surface area (TPSA) is 76.7 Å². The number of hydrogen-bond donors (Lipinski definition) is 2. The van der Waals surface area contributed by atoms with Crippen LogP contribution in [0.3, 0.4) is 0 Å². The summed E-state index contributed by atoms with van der Waals surface area (Å²) >= 11 is 0. The Labute approximate surface area is 167 Å². The van der Waals surface area contributed by atoms with Crippen LogP contribution in [0, 0.1) is 5.82 Å².